The average Bonchev–Trinajstić information content (AvgIpc) is 3.05. The number of anilines is 2. The van der Waals surface area contributed by atoms with Crippen LogP contribution in [0.1, 0.15) is 17.6 Å². The zero-order valence-corrected chi connectivity index (χ0v) is 16.7. The Balaban J connectivity index is 1.95. The van der Waals surface area contributed by atoms with Gasteiger partial charge in [0.1, 0.15) is 16.5 Å². The predicted octanol–water partition coefficient (Wildman–Crippen LogP) is 3.22. The monoisotopic (exact) mass is 421 g/mol. The van der Waals surface area contributed by atoms with Crippen molar-refractivity contribution >= 4 is 22.7 Å². The lowest BCUT2D eigenvalue weighted by Gasteiger charge is -2.12. The third-order valence-electron chi connectivity index (χ3n) is 4.08. The highest BCUT2D eigenvalue weighted by atomic mass is 32.1. The van der Waals surface area contributed by atoms with Gasteiger partial charge in [0.15, 0.2) is 5.82 Å². The number of halogens is 2. The maximum atomic E-state index is 14.7. The Morgan fingerprint density at radius 2 is 2.00 bits per heavy atom. The molecule has 0 saturated heterocycles. The van der Waals surface area contributed by atoms with Crippen LogP contribution in [0.2, 0.25) is 0 Å². The minimum absolute atomic E-state index is 0.0610. The molecule has 2 aromatic heterocycles. The van der Waals surface area contributed by atoms with Crippen LogP contribution in [-0.2, 0) is 11.3 Å². The molecule has 29 heavy (non-hydrogen) atoms. The fraction of sp³-hybridized carbons (Fsp3) is 0.263. The fourth-order valence-corrected chi connectivity index (χ4v) is 3.72. The Morgan fingerprint density at radius 1 is 1.28 bits per heavy atom. The van der Waals surface area contributed by atoms with Gasteiger partial charge < -0.3 is 21.0 Å². The van der Waals surface area contributed by atoms with Gasteiger partial charge in [0.2, 0.25) is 0 Å². The summed E-state index contributed by atoms with van der Waals surface area (Å²) in [6, 6.07) is 6.02. The summed E-state index contributed by atoms with van der Waals surface area (Å²) in [5.41, 5.74) is 8.38. The highest BCUT2D eigenvalue weighted by Crippen LogP contribution is 2.35. The Hall–Kier alpha value is -2.66. The van der Waals surface area contributed by atoms with Crippen molar-refractivity contribution in [1.82, 2.24) is 9.97 Å². The number of thiazole rings is 1. The van der Waals surface area contributed by atoms with Gasteiger partial charge in [-0.05, 0) is 32.0 Å². The van der Waals surface area contributed by atoms with Gasteiger partial charge in [-0.2, -0.15) is 0 Å². The normalized spacial score (nSPS) is 12.2. The van der Waals surface area contributed by atoms with Crippen molar-refractivity contribution in [2.45, 2.75) is 26.6 Å². The molecule has 0 spiro atoms. The van der Waals surface area contributed by atoms with Crippen molar-refractivity contribution < 1.29 is 18.6 Å². The van der Waals surface area contributed by atoms with Crippen LogP contribution in [0.25, 0.3) is 21.8 Å². The molecule has 7 nitrogen and oxygen atoms in total. The molecule has 6 N–H and O–H groups in total. The Bertz CT molecular complexity index is 1030. The third kappa shape index (κ3) is 4.51. The van der Waals surface area contributed by atoms with Crippen molar-refractivity contribution in [3.05, 3.63) is 46.6 Å². The molecule has 1 unspecified atom stereocenters. The first-order valence-electron chi connectivity index (χ1n) is 8.75. The number of nitrogens with two attached hydrogens (primary N) is 2. The van der Waals surface area contributed by atoms with Gasteiger partial charge in [0.05, 0.1) is 47.0 Å². The molecule has 0 radical (unpaired) electrons. The lowest BCUT2D eigenvalue weighted by atomic mass is 10.1. The molecule has 0 amide bonds. The molecule has 0 aliphatic rings. The van der Waals surface area contributed by atoms with Crippen molar-refractivity contribution in [3.63, 3.8) is 0 Å². The number of pyridine rings is 1. The minimum atomic E-state index is -0.798. The molecule has 2 heterocycles. The highest BCUT2D eigenvalue weighted by molar-refractivity contribution is 7.15. The number of aromatic nitrogens is 2. The van der Waals surface area contributed by atoms with E-state index in [0.717, 1.165) is 21.6 Å². The van der Waals surface area contributed by atoms with E-state index in [1.165, 1.54) is 11.3 Å². The van der Waals surface area contributed by atoms with E-state index >= 15 is 0 Å². The topological polar surface area (TPSA) is 119 Å². The second kappa shape index (κ2) is 8.78. The Kier molecular flexibility index (Phi) is 6.38. The number of nitrogens with one attached hydrogen (secondary N) is 1. The van der Waals surface area contributed by atoms with Crippen LogP contribution in [0, 0.1) is 18.6 Å². The zero-order chi connectivity index (χ0) is 21.1. The number of aliphatic hydroxyl groups excluding tert-OH is 1. The summed E-state index contributed by atoms with van der Waals surface area (Å²) < 4.78 is 34.2. The van der Waals surface area contributed by atoms with Gasteiger partial charge in [-0.1, -0.05) is 6.07 Å². The van der Waals surface area contributed by atoms with Gasteiger partial charge >= 0.3 is 0 Å². The van der Waals surface area contributed by atoms with Crippen LogP contribution in [-0.4, -0.2) is 27.8 Å². The van der Waals surface area contributed by atoms with E-state index in [0.29, 0.717) is 5.69 Å². The lowest BCUT2D eigenvalue weighted by molar-refractivity contribution is 0.0375. The minimum Gasteiger partial charge on any atom is -0.395 e. The van der Waals surface area contributed by atoms with Crippen molar-refractivity contribution in [2.24, 2.45) is 5.84 Å². The first-order chi connectivity index (χ1) is 13.8. The number of hydrogen-bond donors (Lipinski definition) is 4. The SMILES string of the molecule is Cc1nc(COCC(C)O)sc1-c1cccc(-c2cc(F)c(N)c(NN)c2F)n1. The molecule has 0 aliphatic carbocycles. The molecule has 0 bridgehead atoms. The van der Waals surface area contributed by atoms with Crippen LogP contribution < -0.4 is 17.0 Å². The van der Waals surface area contributed by atoms with Gasteiger partial charge in [-0.3, -0.25) is 5.84 Å². The molecule has 3 rings (SSSR count). The summed E-state index contributed by atoms with van der Waals surface area (Å²) in [6.07, 6.45) is -0.558. The summed E-state index contributed by atoms with van der Waals surface area (Å²) in [5.74, 6) is 3.69. The summed E-state index contributed by atoms with van der Waals surface area (Å²) in [5, 5.41) is 10.0. The van der Waals surface area contributed by atoms with Crippen LogP contribution >= 0.6 is 11.3 Å². The number of nitrogens with zero attached hydrogens (tertiary/aromatic N) is 2. The number of rotatable bonds is 7. The molecular formula is C19H21F2N5O2S. The largest absolute Gasteiger partial charge is 0.395 e. The Labute approximate surface area is 170 Å². The van der Waals surface area contributed by atoms with E-state index < -0.39 is 23.4 Å². The second-order valence-electron chi connectivity index (χ2n) is 6.45. The smallest absolute Gasteiger partial charge is 0.159 e. The van der Waals surface area contributed by atoms with Gasteiger partial charge in [0, 0.05) is 5.56 Å². The van der Waals surface area contributed by atoms with E-state index in [2.05, 4.69) is 15.4 Å². The highest BCUT2D eigenvalue weighted by Gasteiger charge is 2.19. The third-order valence-corrected chi connectivity index (χ3v) is 5.23. The zero-order valence-electron chi connectivity index (χ0n) is 15.9. The number of hydrazine groups is 1. The molecule has 1 atom stereocenters. The number of nitrogen functional groups attached to an aromatic ring is 2. The first-order valence-corrected chi connectivity index (χ1v) is 9.57. The molecule has 3 aromatic rings. The van der Waals surface area contributed by atoms with E-state index in [4.69, 9.17) is 16.3 Å². The number of ether oxygens (including phenoxy) is 1. The van der Waals surface area contributed by atoms with Crippen molar-refractivity contribution in [1.29, 1.82) is 0 Å². The molecule has 10 heteroatoms. The van der Waals surface area contributed by atoms with Crippen molar-refractivity contribution in [2.75, 3.05) is 17.8 Å². The maximum absolute atomic E-state index is 14.7. The maximum Gasteiger partial charge on any atom is 0.159 e. The molecule has 1 aromatic carbocycles. The molecule has 0 aliphatic heterocycles. The lowest BCUT2D eigenvalue weighted by Crippen LogP contribution is -2.13. The van der Waals surface area contributed by atoms with E-state index in [1.807, 2.05) is 6.92 Å². The summed E-state index contributed by atoms with van der Waals surface area (Å²) in [7, 11) is 0. The standard InChI is InChI=1S/C19H21F2N5O2S/c1-9(27)7-28-8-15-24-10(2)19(29-15)14-5-3-4-13(25-14)11-6-12(20)17(22)18(26-23)16(11)21/h3-6,9,26-27H,7-8,22-23H2,1-2H3. The van der Waals surface area contributed by atoms with E-state index in [1.54, 1.807) is 25.1 Å². The number of hydrogen-bond acceptors (Lipinski definition) is 8. The quantitative estimate of drug-likeness (QED) is 0.263. The average molecular weight is 421 g/mol. The van der Waals surface area contributed by atoms with E-state index in [-0.39, 0.29) is 30.2 Å². The number of benzene rings is 1. The van der Waals surface area contributed by atoms with Gasteiger partial charge in [-0.25, -0.2) is 18.7 Å². The van der Waals surface area contributed by atoms with Gasteiger partial charge in [-0.15, -0.1) is 11.3 Å². The first kappa shape index (κ1) is 21.1. The van der Waals surface area contributed by atoms with Gasteiger partial charge in [0.25, 0.3) is 0 Å². The second-order valence-corrected chi connectivity index (χ2v) is 7.53. The number of aryl methyl sites for hydroxylation is 1. The molecule has 0 fully saturated rings. The summed E-state index contributed by atoms with van der Waals surface area (Å²) in [6.45, 7) is 3.94. The predicted molar refractivity (Wildman–Crippen MR) is 109 cm³/mol. The summed E-state index contributed by atoms with van der Waals surface area (Å²) in [4.78, 5) is 9.72. The number of aliphatic hydroxyl groups is 1. The van der Waals surface area contributed by atoms with Crippen LogP contribution in [0.4, 0.5) is 20.2 Å². The van der Waals surface area contributed by atoms with Crippen molar-refractivity contribution in [3.8, 4) is 21.8 Å². The molecular weight excluding hydrogens is 400 g/mol. The van der Waals surface area contributed by atoms with Crippen LogP contribution in [0.5, 0.6) is 0 Å². The fourth-order valence-electron chi connectivity index (χ4n) is 2.75. The van der Waals surface area contributed by atoms with Crippen LogP contribution in [0.15, 0.2) is 24.3 Å². The van der Waals surface area contributed by atoms with Crippen LogP contribution in [0.3, 0.4) is 0 Å². The summed E-state index contributed by atoms with van der Waals surface area (Å²) >= 11 is 1.39. The Morgan fingerprint density at radius 3 is 2.69 bits per heavy atom. The molecule has 0 saturated carbocycles. The molecule has 154 valence electrons. The van der Waals surface area contributed by atoms with E-state index in [9.17, 15) is 13.9 Å².